The Morgan fingerprint density at radius 1 is 1.09 bits per heavy atom. The second-order valence-electron chi connectivity index (χ2n) is 9.29. The number of rotatable bonds is 8. The number of hydrogen-bond donors (Lipinski definition) is 0. The first-order valence-electron chi connectivity index (χ1n) is 12.1. The van der Waals surface area contributed by atoms with Crippen LogP contribution in [0.1, 0.15) is 55.0 Å². The van der Waals surface area contributed by atoms with Crippen LogP contribution in [0, 0.1) is 5.92 Å². The number of thiophene rings is 1. The Morgan fingerprint density at radius 3 is 2.58 bits per heavy atom. The molecule has 0 bridgehead atoms. The molecule has 0 spiro atoms. The molecule has 1 unspecified atom stereocenters. The second-order valence-corrected chi connectivity index (χ2v) is 10.3. The lowest BCUT2D eigenvalue weighted by molar-refractivity contribution is -0.145. The molecule has 1 aromatic carbocycles. The lowest BCUT2D eigenvalue weighted by atomic mass is 10.00. The zero-order valence-electron chi connectivity index (χ0n) is 19.2. The molecule has 2 saturated carbocycles. The summed E-state index contributed by atoms with van der Waals surface area (Å²) in [6, 6.07) is 9.77. The topological polar surface area (TPSA) is 59.1 Å². The number of carbonyl (C=O) groups excluding carboxylic acids is 2. The van der Waals surface area contributed by atoms with Crippen LogP contribution in [-0.4, -0.2) is 54.5 Å². The van der Waals surface area contributed by atoms with E-state index >= 15 is 0 Å². The van der Waals surface area contributed by atoms with Crippen LogP contribution >= 0.6 is 11.3 Å². The normalized spacial score (nSPS) is 20.4. The van der Waals surface area contributed by atoms with Gasteiger partial charge in [0.1, 0.15) is 13.2 Å². The minimum absolute atomic E-state index is 0.0266. The maximum Gasteiger partial charge on any atom is 0.242 e. The SMILES string of the molecule is COc1ccccc1OCC1c2ccsc2CCN1C(=O)CN(C(=O)C1CCCC1)C1CC1. The summed E-state index contributed by atoms with van der Waals surface area (Å²) in [5, 5.41) is 2.09. The van der Waals surface area contributed by atoms with E-state index in [2.05, 4.69) is 11.4 Å². The van der Waals surface area contributed by atoms with E-state index in [0.717, 1.165) is 50.5 Å². The summed E-state index contributed by atoms with van der Waals surface area (Å²) in [6.45, 7) is 1.20. The van der Waals surface area contributed by atoms with Crippen molar-refractivity contribution < 1.29 is 19.1 Å². The van der Waals surface area contributed by atoms with E-state index in [-0.39, 0.29) is 36.4 Å². The van der Waals surface area contributed by atoms with E-state index in [1.54, 1.807) is 18.4 Å². The van der Waals surface area contributed by atoms with Gasteiger partial charge in [-0.25, -0.2) is 0 Å². The quantitative estimate of drug-likeness (QED) is 0.575. The zero-order valence-corrected chi connectivity index (χ0v) is 20.0. The number of ether oxygens (including phenoxy) is 2. The van der Waals surface area contributed by atoms with Crippen LogP contribution in [-0.2, 0) is 16.0 Å². The molecule has 6 nitrogen and oxygen atoms in total. The highest BCUT2D eigenvalue weighted by molar-refractivity contribution is 7.10. The van der Waals surface area contributed by atoms with Crippen molar-refractivity contribution in [2.75, 3.05) is 26.8 Å². The molecule has 5 rings (SSSR count). The van der Waals surface area contributed by atoms with Gasteiger partial charge in [0.2, 0.25) is 11.8 Å². The molecular formula is C26H32N2O4S. The highest BCUT2D eigenvalue weighted by Gasteiger charge is 2.40. The largest absolute Gasteiger partial charge is 0.493 e. The highest BCUT2D eigenvalue weighted by Crippen LogP contribution is 2.37. The molecule has 2 aliphatic carbocycles. The van der Waals surface area contributed by atoms with E-state index in [4.69, 9.17) is 9.47 Å². The summed E-state index contributed by atoms with van der Waals surface area (Å²) in [5.41, 5.74) is 1.16. The summed E-state index contributed by atoms with van der Waals surface area (Å²) in [5.74, 6) is 1.68. The average Bonchev–Trinajstić information content (AvgIpc) is 3.32. The standard InChI is InChI=1S/C26H32N2O4S/c1-31-22-8-4-5-9-23(22)32-17-21-20-13-15-33-24(20)12-14-27(21)25(29)16-28(19-10-11-19)26(30)18-6-2-3-7-18/h4-5,8-9,13,15,18-19,21H,2-3,6-7,10-12,14,16-17H2,1H3. The number of carbonyl (C=O) groups is 2. The van der Waals surface area contributed by atoms with Gasteiger partial charge in [0.05, 0.1) is 13.2 Å². The number of para-hydroxylation sites is 2. The summed E-state index contributed by atoms with van der Waals surface area (Å²) in [7, 11) is 1.63. The Hall–Kier alpha value is -2.54. The molecule has 0 saturated heterocycles. The Kier molecular flexibility index (Phi) is 6.58. The van der Waals surface area contributed by atoms with E-state index in [9.17, 15) is 9.59 Å². The van der Waals surface area contributed by atoms with Crippen molar-refractivity contribution >= 4 is 23.2 Å². The third-order valence-electron chi connectivity index (χ3n) is 7.16. The fourth-order valence-electron chi connectivity index (χ4n) is 5.20. The first kappa shape index (κ1) is 22.3. The maximum atomic E-state index is 13.6. The van der Waals surface area contributed by atoms with Crippen LogP contribution in [0.2, 0.25) is 0 Å². The minimum atomic E-state index is -0.167. The smallest absolute Gasteiger partial charge is 0.242 e. The summed E-state index contributed by atoms with van der Waals surface area (Å²) in [4.78, 5) is 31.9. The monoisotopic (exact) mass is 468 g/mol. The van der Waals surface area contributed by atoms with Gasteiger partial charge >= 0.3 is 0 Å². The fraction of sp³-hybridized carbons (Fsp3) is 0.538. The summed E-state index contributed by atoms with van der Waals surface area (Å²) in [6.07, 6.45) is 7.06. The van der Waals surface area contributed by atoms with Gasteiger partial charge in [-0.1, -0.05) is 25.0 Å². The van der Waals surface area contributed by atoms with Gasteiger partial charge in [-0.3, -0.25) is 9.59 Å². The van der Waals surface area contributed by atoms with Crippen LogP contribution < -0.4 is 9.47 Å². The maximum absolute atomic E-state index is 13.6. The predicted molar refractivity (Wildman–Crippen MR) is 128 cm³/mol. The van der Waals surface area contributed by atoms with Crippen molar-refractivity contribution in [1.82, 2.24) is 9.80 Å². The van der Waals surface area contributed by atoms with Crippen LogP contribution in [0.4, 0.5) is 0 Å². The van der Waals surface area contributed by atoms with Gasteiger partial charge in [-0.05, 0) is 61.2 Å². The predicted octanol–water partition coefficient (Wildman–Crippen LogP) is 4.44. The first-order chi connectivity index (χ1) is 16.2. The molecule has 1 atom stereocenters. The zero-order chi connectivity index (χ0) is 22.8. The molecule has 33 heavy (non-hydrogen) atoms. The lowest BCUT2D eigenvalue weighted by Crippen LogP contribution is -2.49. The van der Waals surface area contributed by atoms with Crippen LogP contribution in [0.25, 0.3) is 0 Å². The molecule has 176 valence electrons. The Bertz CT molecular complexity index is 996. The van der Waals surface area contributed by atoms with E-state index in [1.165, 1.54) is 4.88 Å². The molecule has 1 aliphatic heterocycles. The van der Waals surface area contributed by atoms with E-state index in [0.29, 0.717) is 24.7 Å². The van der Waals surface area contributed by atoms with Crippen molar-refractivity contribution in [3.05, 3.63) is 46.2 Å². The van der Waals surface area contributed by atoms with Gasteiger partial charge in [-0.2, -0.15) is 0 Å². The summed E-state index contributed by atoms with van der Waals surface area (Å²) < 4.78 is 11.6. The molecule has 2 amide bonds. The molecule has 0 radical (unpaired) electrons. The van der Waals surface area contributed by atoms with Crippen molar-refractivity contribution in [3.63, 3.8) is 0 Å². The highest BCUT2D eigenvalue weighted by atomic mass is 32.1. The number of hydrogen-bond acceptors (Lipinski definition) is 5. The Labute approximate surface area is 199 Å². The average molecular weight is 469 g/mol. The minimum Gasteiger partial charge on any atom is -0.493 e. The molecule has 0 N–H and O–H groups in total. The number of fused-ring (bicyclic) bond motifs is 1. The van der Waals surface area contributed by atoms with Crippen molar-refractivity contribution in [2.24, 2.45) is 5.92 Å². The van der Waals surface area contributed by atoms with Gasteiger partial charge < -0.3 is 19.3 Å². The Morgan fingerprint density at radius 2 is 1.85 bits per heavy atom. The first-order valence-corrected chi connectivity index (χ1v) is 13.0. The van der Waals surface area contributed by atoms with Gasteiger partial charge in [0, 0.05) is 23.4 Å². The van der Waals surface area contributed by atoms with Gasteiger partial charge in [-0.15, -0.1) is 11.3 Å². The summed E-state index contributed by atoms with van der Waals surface area (Å²) >= 11 is 1.74. The molecule has 1 aromatic heterocycles. The number of amides is 2. The Balaban J connectivity index is 1.32. The van der Waals surface area contributed by atoms with Crippen molar-refractivity contribution in [3.8, 4) is 11.5 Å². The molecule has 2 fully saturated rings. The number of benzene rings is 1. The molecule has 2 heterocycles. The third-order valence-corrected chi connectivity index (χ3v) is 8.16. The lowest BCUT2D eigenvalue weighted by Gasteiger charge is -2.37. The third kappa shape index (κ3) is 4.74. The van der Waals surface area contributed by atoms with Gasteiger partial charge in [0.25, 0.3) is 0 Å². The van der Waals surface area contributed by atoms with Gasteiger partial charge in [0.15, 0.2) is 11.5 Å². The molecular weight excluding hydrogens is 436 g/mol. The molecule has 7 heteroatoms. The van der Waals surface area contributed by atoms with E-state index in [1.807, 2.05) is 34.1 Å². The number of methoxy groups -OCH3 is 1. The van der Waals surface area contributed by atoms with Crippen LogP contribution in [0.3, 0.4) is 0 Å². The second kappa shape index (κ2) is 9.75. The van der Waals surface area contributed by atoms with Crippen molar-refractivity contribution in [1.29, 1.82) is 0 Å². The van der Waals surface area contributed by atoms with Crippen LogP contribution in [0.15, 0.2) is 35.7 Å². The van der Waals surface area contributed by atoms with E-state index < -0.39 is 0 Å². The fourth-order valence-corrected chi connectivity index (χ4v) is 6.13. The molecule has 2 aromatic rings. The van der Waals surface area contributed by atoms with Crippen LogP contribution in [0.5, 0.6) is 11.5 Å². The number of nitrogens with zero attached hydrogens (tertiary/aromatic N) is 2. The van der Waals surface area contributed by atoms with Crippen molar-refractivity contribution in [2.45, 2.75) is 57.0 Å². The molecule has 3 aliphatic rings.